The molecule has 1 amide bonds. The average molecular weight is 277 g/mol. The van der Waals surface area contributed by atoms with E-state index in [0.29, 0.717) is 6.54 Å². The molecule has 102 valence electrons. The van der Waals surface area contributed by atoms with Crippen LogP contribution in [-0.4, -0.2) is 43.5 Å². The van der Waals surface area contributed by atoms with Crippen LogP contribution in [0.5, 0.6) is 0 Å². The first-order valence-corrected chi connectivity index (χ1v) is 7.00. The first kappa shape index (κ1) is 13.8. The Kier molecular flexibility index (Phi) is 3.75. The van der Waals surface area contributed by atoms with Gasteiger partial charge in [0.1, 0.15) is 0 Å². The Morgan fingerprint density at radius 1 is 1.21 bits per heavy atom. The predicted octanol–water partition coefficient (Wildman–Crippen LogP) is 2.44. The first-order valence-electron chi connectivity index (χ1n) is 6.18. The van der Waals surface area contributed by atoms with Crippen LogP contribution in [0.2, 0.25) is 0 Å². The summed E-state index contributed by atoms with van der Waals surface area (Å²) in [6, 6.07) is 4.21. The molecule has 0 N–H and O–H groups in total. The van der Waals surface area contributed by atoms with Gasteiger partial charge >= 0.3 is 0 Å². The molecule has 0 saturated heterocycles. The third-order valence-electron chi connectivity index (χ3n) is 3.13. The van der Waals surface area contributed by atoms with Crippen molar-refractivity contribution >= 4 is 32.6 Å². The van der Waals surface area contributed by atoms with Gasteiger partial charge in [-0.1, -0.05) is 23.5 Å². The molecule has 1 aromatic carbocycles. The number of nitrogens with zero attached hydrogens (tertiary/aromatic N) is 3. The summed E-state index contributed by atoms with van der Waals surface area (Å²) in [6.45, 7) is 4.51. The molecule has 0 fully saturated rings. The standard InChI is InChI=1S/C14H19N3OS/c1-9-6-7-10(2)13-12(9)15-14(19-13)17(5)8-11(18)16(3)4/h6-7H,8H2,1-5H3. The van der Waals surface area contributed by atoms with Crippen molar-refractivity contribution in [3.8, 4) is 0 Å². The molecule has 0 aliphatic carbocycles. The van der Waals surface area contributed by atoms with Crippen LogP contribution in [0.3, 0.4) is 0 Å². The summed E-state index contributed by atoms with van der Waals surface area (Å²) >= 11 is 1.64. The highest BCUT2D eigenvalue weighted by Gasteiger charge is 2.14. The quantitative estimate of drug-likeness (QED) is 0.864. The lowest BCUT2D eigenvalue weighted by Gasteiger charge is -2.17. The van der Waals surface area contributed by atoms with E-state index in [1.807, 2.05) is 11.9 Å². The van der Waals surface area contributed by atoms with Gasteiger partial charge in [-0.2, -0.15) is 0 Å². The monoisotopic (exact) mass is 277 g/mol. The normalized spacial score (nSPS) is 10.8. The number of fused-ring (bicyclic) bond motifs is 1. The number of thiazole rings is 1. The molecule has 5 heteroatoms. The van der Waals surface area contributed by atoms with E-state index >= 15 is 0 Å². The molecule has 19 heavy (non-hydrogen) atoms. The highest BCUT2D eigenvalue weighted by molar-refractivity contribution is 7.22. The first-order chi connectivity index (χ1) is 8.90. The Morgan fingerprint density at radius 2 is 1.84 bits per heavy atom. The third kappa shape index (κ3) is 2.71. The van der Waals surface area contributed by atoms with Gasteiger partial charge < -0.3 is 9.80 Å². The minimum Gasteiger partial charge on any atom is -0.347 e. The third-order valence-corrected chi connectivity index (χ3v) is 4.43. The summed E-state index contributed by atoms with van der Waals surface area (Å²) in [5.41, 5.74) is 3.45. The lowest BCUT2D eigenvalue weighted by molar-refractivity contribution is -0.127. The smallest absolute Gasteiger partial charge is 0.241 e. The average Bonchev–Trinajstić information content (AvgIpc) is 2.80. The maximum atomic E-state index is 11.7. The maximum absolute atomic E-state index is 11.7. The van der Waals surface area contributed by atoms with Crippen molar-refractivity contribution in [2.45, 2.75) is 13.8 Å². The molecule has 1 heterocycles. The molecule has 0 atom stereocenters. The van der Waals surface area contributed by atoms with Crippen LogP contribution in [0.1, 0.15) is 11.1 Å². The molecular formula is C14H19N3OS. The molecule has 4 nitrogen and oxygen atoms in total. The molecule has 0 saturated carbocycles. The number of hydrogen-bond donors (Lipinski definition) is 0. The molecule has 1 aromatic heterocycles. The van der Waals surface area contributed by atoms with Crippen LogP contribution in [-0.2, 0) is 4.79 Å². The molecule has 0 aliphatic rings. The van der Waals surface area contributed by atoms with E-state index in [4.69, 9.17) is 0 Å². The number of hydrogen-bond acceptors (Lipinski definition) is 4. The molecule has 0 bridgehead atoms. The second-order valence-corrected chi connectivity index (χ2v) is 6.00. The van der Waals surface area contributed by atoms with E-state index in [-0.39, 0.29) is 5.91 Å². The Labute approximate surface area is 117 Å². The van der Waals surface area contributed by atoms with E-state index in [1.54, 1.807) is 30.3 Å². The number of carbonyl (C=O) groups is 1. The second-order valence-electron chi connectivity index (χ2n) is 5.02. The van der Waals surface area contributed by atoms with Crippen LogP contribution in [0, 0.1) is 13.8 Å². The second kappa shape index (κ2) is 5.17. The fraction of sp³-hybridized carbons (Fsp3) is 0.429. The topological polar surface area (TPSA) is 36.4 Å². The van der Waals surface area contributed by atoms with E-state index in [1.165, 1.54) is 15.8 Å². The van der Waals surface area contributed by atoms with Crippen molar-refractivity contribution in [2.75, 3.05) is 32.6 Å². The largest absolute Gasteiger partial charge is 0.347 e. The summed E-state index contributed by atoms with van der Waals surface area (Å²) in [4.78, 5) is 19.9. The number of aromatic nitrogens is 1. The number of anilines is 1. The zero-order valence-electron chi connectivity index (χ0n) is 12.0. The zero-order chi connectivity index (χ0) is 14.2. The summed E-state index contributed by atoms with van der Waals surface area (Å²) < 4.78 is 1.21. The molecule has 0 unspecified atom stereocenters. The minimum absolute atomic E-state index is 0.0789. The van der Waals surface area contributed by atoms with Crippen molar-refractivity contribution in [2.24, 2.45) is 0 Å². The Hall–Kier alpha value is -1.62. The lowest BCUT2D eigenvalue weighted by atomic mass is 10.1. The van der Waals surface area contributed by atoms with E-state index in [2.05, 4.69) is 31.0 Å². The number of rotatable bonds is 3. The van der Waals surface area contributed by atoms with Gasteiger partial charge in [0.25, 0.3) is 0 Å². The van der Waals surface area contributed by atoms with Crippen molar-refractivity contribution in [1.29, 1.82) is 0 Å². The fourth-order valence-corrected chi connectivity index (χ4v) is 2.90. The highest BCUT2D eigenvalue weighted by atomic mass is 32.1. The van der Waals surface area contributed by atoms with Gasteiger partial charge in [0.2, 0.25) is 5.91 Å². The van der Waals surface area contributed by atoms with Crippen LogP contribution >= 0.6 is 11.3 Å². The SMILES string of the molecule is Cc1ccc(C)c2sc(N(C)CC(=O)N(C)C)nc12. The van der Waals surface area contributed by atoms with Gasteiger partial charge in [-0.25, -0.2) is 4.98 Å². The van der Waals surface area contributed by atoms with Gasteiger partial charge in [-0.15, -0.1) is 0 Å². The summed E-state index contributed by atoms with van der Waals surface area (Å²) in [5.74, 6) is 0.0789. The number of carbonyl (C=O) groups excluding carboxylic acids is 1. The highest BCUT2D eigenvalue weighted by Crippen LogP contribution is 2.32. The zero-order valence-corrected chi connectivity index (χ0v) is 12.8. The Morgan fingerprint density at radius 3 is 2.42 bits per heavy atom. The molecule has 2 rings (SSSR count). The molecule has 2 aromatic rings. The Bertz CT molecular complexity index is 579. The number of amides is 1. The summed E-state index contributed by atoms with van der Waals surface area (Å²) in [7, 11) is 5.44. The van der Waals surface area contributed by atoms with E-state index in [0.717, 1.165) is 10.6 Å². The predicted molar refractivity (Wildman–Crippen MR) is 81.1 cm³/mol. The Balaban J connectivity index is 2.33. The van der Waals surface area contributed by atoms with Crippen molar-refractivity contribution in [1.82, 2.24) is 9.88 Å². The van der Waals surface area contributed by atoms with Crippen molar-refractivity contribution in [3.05, 3.63) is 23.3 Å². The molecule has 0 aliphatic heterocycles. The number of likely N-dealkylation sites (N-methyl/N-ethyl adjacent to an activating group) is 2. The van der Waals surface area contributed by atoms with E-state index < -0.39 is 0 Å². The van der Waals surface area contributed by atoms with Crippen LogP contribution in [0.25, 0.3) is 10.2 Å². The molecule has 0 radical (unpaired) electrons. The minimum atomic E-state index is 0.0789. The van der Waals surface area contributed by atoms with Gasteiger partial charge in [0.15, 0.2) is 5.13 Å². The van der Waals surface area contributed by atoms with Crippen molar-refractivity contribution < 1.29 is 4.79 Å². The summed E-state index contributed by atoms with van der Waals surface area (Å²) in [5, 5.41) is 0.891. The van der Waals surface area contributed by atoms with Crippen LogP contribution in [0.4, 0.5) is 5.13 Å². The number of benzene rings is 1. The summed E-state index contributed by atoms with van der Waals surface area (Å²) in [6.07, 6.45) is 0. The van der Waals surface area contributed by atoms with Crippen LogP contribution < -0.4 is 4.90 Å². The fourth-order valence-electron chi connectivity index (χ4n) is 1.82. The van der Waals surface area contributed by atoms with Gasteiger partial charge in [-0.05, 0) is 25.0 Å². The number of aryl methyl sites for hydroxylation is 2. The van der Waals surface area contributed by atoms with Gasteiger partial charge in [0.05, 0.1) is 16.8 Å². The van der Waals surface area contributed by atoms with Crippen molar-refractivity contribution in [3.63, 3.8) is 0 Å². The van der Waals surface area contributed by atoms with E-state index in [9.17, 15) is 4.79 Å². The molecular weight excluding hydrogens is 258 g/mol. The van der Waals surface area contributed by atoms with Gasteiger partial charge in [0, 0.05) is 21.1 Å². The molecule has 0 spiro atoms. The lowest BCUT2D eigenvalue weighted by Crippen LogP contribution is -2.34. The van der Waals surface area contributed by atoms with Gasteiger partial charge in [-0.3, -0.25) is 4.79 Å². The maximum Gasteiger partial charge on any atom is 0.241 e. The van der Waals surface area contributed by atoms with Crippen LogP contribution in [0.15, 0.2) is 12.1 Å².